The van der Waals surface area contributed by atoms with Gasteiger partial charge >= 0.3 is 0 Å². The van der Waals surface area contributed by atoms with Gasteiger partial charge in [-0.15, -0.1) is 0 Å². The molecule has 0 N–H and O–H groups in total. The van der Waals surface area contributed by atoms with Gasteiger partial charge in [0.1, 0.15) is 5.58 Å². The number of furan rings is 1. The summed E-state index contributed by atoms with van der Waals surface area (Å²) in [5, 5.41) is 2.19. The molecule has 0 atom stereocenters. The first kappa shape index (κ1) is 35.8. The number of pyridine rings is 1. The maximum Gasteiger partial charge on any atom is 0.160 e. The van der Waals surface area contributed by atoms with Crippen LogP contribution in [0.2, 0.25) is 0 Å². The van der Waals surface area contributed by atoms with Crippen molar-refractivity contribution in [1.82, 2.24) is 4.98 Å². The average molecular weight is 721 g/mol. The Morgan fingerprint density at radius 3 is 2.09 bits per heavy atom. The van der Waals surface area contributed by atoms with Crippen LogP contribution in [0.15, 0.2) is 136 Å². The number of benzene rings is 5. The van der Waals surface area contributed by atoms with Crippen molar-refractivity contribution in [3.63, 3.8) is 0 Å². The number of nitrogens with zero attached hydrogens (tertiary/aromatic N) is 4. The predicted molar refractivity (Wildman–Crippen MR) is 233 cm³/mol. The molecule has 5 heteroatoms. The van der Waals surface area contributed by atoms with Crippen LogP contribution in [-0.4, -0.2) is 11.7 Å². The molecule has 2 heterocycles. The summed E-state index contributed by atoms with van der Waals surface area (Å²) in [6.07, 6.45) is 6.11. The van der Waals surface area contributed by atoms with Gasteiger partial charge in [-0.3, -0.25) is 9.98 Å². The van der Waals surface area contributed by atoms with Crippen LogP contribution < -0.4 is 9.80 Å². The van der Waals surface area contributed by atoms with E-state index in [4.69, 9.17) is 9.40 Å². The third kappa shape index (κ3) is 6.04. The zero-order valence-electron chi connectivity index (χ0n) is 33.4. The van der Waals surface area contributed by atoms with E-state index in [0.717, 1.165) is 67.5 Å². The van der Waals surface area contributed by atoms with Gasteiger partial charge < -0.3 is 14.2 Å². The Kier molecular flexibility index (Phi) is 8.84. The molecule has 0 saturated carbocycles. The number of aryl methyl sites for hydroxylation is 5. The Morgan fingerprint density at radius 2 is 1.42 bits per heavy atom. The Morgan fingerprint density at radius 1 is 0.727 bits per heavy atom. The number of fused-ring (bicyclic) bond motifs is 7. The van der Waals surface area contributed by atoms with Gasteiger partial charge in [-0.25, -0.2) is 0 Å². The molecule has 5 aromatic carbocycles. The van der Waals surface area contributed by atoms with Crippen molar-refractivity contribution in [1.29, 1.82) is 0 Å². The molecule has 0 spiro atoms. The lowest BCUT2D eigenvalue weighted by atomic mass is 9.82. The summed E-state index contributed by atoms with van der Waals surface area (Å²) in [4.78, 5) is 13.6. The Bertz CT molecular complexity index is 2730. The molecule has 0 saturated heterocycles. The van der Waals surface area contributed by atoms with Gasteiger partial charge in [0.05, 0.1) is 17.6 Å². The standard InChI is InChI=1S/C50H48N4O/c1-30-15-22-43(32(3)25-30)53(36(7)19-17-34(5)51-10)37-21-24-46-40(27-37)48-47-39-13-11-12-14-41(39)50(8,9)42(47)28-45(49(48)55-46)54(38-20-18-35(6)52-29-38)44-23-16-31(2)26-33(44)4/h11-29H,10H2,1-9H3/b34-17-,36-19+. The van der Waals surface area contributed by atoms with Crippen LogP contribution in [0.25, 0.3) is 33.1 Å². The Balaban J connectivity index is 1.48. The van der Waals surface area contributed by atoms with E-state index in [-0.39, 0.29) is 5.41 Å². The van der Waals surface area contributed by atoms with E-state index in [1.807, 2.05) is 26.1 Å². The first-order valence-electron chi connectivity index (χ1n) is 19.0. The quantitative estimate of drug-likeness (QED) is 0.116. The van der Waals surface area contributed by atoms with Gasteiger partial charge in [-0.1, -0.05) is 73.5 Å². The zero-order chi connectivity index (χ0) is 38.8. The van der Waals surface area contributed by atoms with Crippen molar-refractivity contribution in [2.75, 3.05) is 9.80 Å². The summed E-state index contributed by atoms with van der Waals surface area (Å²) in [7, 11) is 0. The number of rotatable bonds is 8. The fourth-order valence-corrected chi connectivity index (χ4v) is 8.41. The van der Waals surface area contributed by atoms with Crippen LogP contribution in [0.3, 0.4) is 0 Å². The van der Waals surface area contributed by atoms with E-state index in [1.54, 1.807) is 0 Å². The monoisotopic (exact) mass is 720 g/mol. The van der Waals surface area contributed by atoms with Crippen molar-refractivity contribution >= 4 is 57.1 Å². The lowest BCUT2D eigenvalue weighted by Gasteiger charge is -2.29. The minimum absolute atomic E-state index is 0.247. The molecule has 1 aliphatic carbocycles. The minimum Gasteiger partial charge on any atom is -0.454 e. The summed E-state index contributed by atoms with van der Waals surface area (Å²) >= 11 is 0. The lowest BCUT2D eigenvalue weighted by molar-refractivity contribution is 0.656. The molecule has 55 heavy (non-hydrogen) atoms. The molecule has 1 aliphatic rings. The fraction of sp³-hybridized carbons (Fsp3) is 0.200. The van der Waals surface area contributed by atoms with E-state index in [1.165, 1.54) is 44.5 Å². The van der Waals surface area contributed by atoms with Crippen LogP contribution in [-0.2, 0) is 5.41 Å². The van der Waals surface area contributed by atoms with Crippen LogP contribution in [0, 0.1) is 34.6 Å². The maximum absolute atomic E-state index is 7.11. The second kappa shape index (κ2) is 13.6. The molecule has 2 aromatic heterocycles. The normalized spacial score (nSPS) is 13.6. The third-order valence-corrected chi connectivity index (χ3v) is 11.3. The van der Waals surface area contributed by atoms with Crippen molar-refractivity contribution < 1.29 is 4.42 Å². The molecule has 7 aromatic rings. The van der Waals surface area contributed by atoms with Gasteiger partial charge in [0, 0.05) is 50.3 Å². The molecule has 5 nitrogen and oxygen atoms in total. The van der Waals surface area contributed by atoms with E-state index < -0.39 is 0 Å². The molecule has 0 bridgehead atoms. The number of allylic oxidation sites excluding steroid dienone is 4. The van der Waals surface area contributed by atoms with Crippen LogP contribution in [0.4, 0.5) is 28.4 Å². The predicted octanol–water partition coefficient (Wildman–Crippen LogP) is 13.9. The number of aromatic nitrogens is 1. The fourth-order valence-electron chi connectivity index (χ4n) is 8.41. The summed E-state index contributed by atoms with van der Waals surface area (Å²) < 4.78 is 7.11. The Labute approximate surface area is 325 Å². The van der Waals surface area contributed by atoms with Crippen molar-refractivity contribution in [2.24, 2.45) is 4.99 Å². The first-order chi connectivity index (χ1) is 26.4. The molecule has 0 aliphatic heterocycles. The van der Waals surface area contributed by atoms with Gasteiger partial charge in [0.25, 0.3) is 0 Å². The number of anilines is 5. The van der Waals surface area contributed by atoms with E-state index in [0.29, 0.717) is 0 Å². The van der Waals surface area contributed by atoms with Crippen molar-refractivity contribution in [3.8, 4) is 11.1 Å². The molecule has 274 valence electrons. The average Bonchev–Trinajstić information content (AvgIpc) is 3.65. The van der Waals surface area contributed by atoms with Crippen molar-refractivity contribution in [3.05, 3.63) is 166 Å². The Hall–Kier alpha value is -6.20. The van der Waals surface area contributed by atoms with E-state index >= 15 is 0 Å². The van der Waals surface area contributed by atoms with Crippen LogP contribution in [0.1, 0.15) is 66.8 Å². The van der Waals surface area contributed by atoms with Gasteiger partial charge in [0.2, 0.25) is 0 Å². The molecular weight excluding hydrogens is 673 g/mol. The minimum atomic E-state index is -0.247. The molecule has 0 fully saturated rings. The lowest BCUT2D eigenvalue weighted by Crippen LogP contribution is -2.17. The summed E-state index contributed by atoms with van der Waals surface area (Å²) in [6, 6.07) is 35.4. The van der Waals surface area contributed by atoms with Crippen LogP contribution >= 0.6 is 0 Å². The van der Waals surface area contributed by atoms with Gasteiger partial charge in [-0.05, 0) is 149 Å². The highest BCUT2D eigenvalue weighted by Gasteiger charge is 2.39. The molecule has 0 radical (unpaired) electrons. The second-order valence-electron chi connectivity index (χ2n) is 15.7. The third-order valence-electron chi connectivity index (χ3n) is 11.3. The van der Waals surface area contributed by atoms with Gasteiger partial charge in [0.15, 0.2) is 5.58 Å². The first-order valence-corrected chi connectivity index (χ1v) is 19.0. The van der Waals surface area contributed by atoms with Crippen LogP contribution in [0.5, 0.6) is 0 Å². The zero-order valence-corrected chi connectivity index (χ0v) is 33.4. The summed E-state index contributed by atoms with van der Waals surface area (Å²) in [5.41, 5.74) is 19.5. The van der Waals surface area contributed by atoms with Crippen molar-refractivity contribution in [2.45, 2.75) is 67.7 Å². The van der Waals surface area contributed by atoms with E-state index in [2.05, 4.69) is 173 Å². The highest BCUT2D eigenvalue weighted by molar-refractivity contribution is 6.19. The topological polar surface area (TPSA) is 44.9 Å². The molecule has 8 rings (SSSR count). The highest BCUT2D eigenvalue weighted by atomic mass is 16.3. The highest BCUT2D eigenvalue weighted by Crippen LogP contribution is 2.56. The smallest absolute Gasteiger partial charge is 0.160 e. The molecular formula is C50H48N4O. The largest absolute Gasteiger partial charge is 0.454 e. The molecule has 0 unspecified atom stereocenters. The van der Waals surface area contributed by atoms with E-state index in [9.17, 15) is 0 Å². The molecule has 0 amide bonds. The SMILES string of the molecule is C=N/C(C)=C\C=C(/C)N(c1ccc2oc3c(N(c4ccc(C)nc4)c4ccc(C)cc4C)cc4c(c3c2c1)-c1ccccc1C4(C)C)c1ccc(C)cc1C. The van der Waals surface area contributed by atoms with Gasteiger partial charge in [-0.2, -0.15) is 0 Å². The number of hydrogen-bond acceptors (Lipinski definition) is 5. The summed E-state index contributed by atoms with van der Waals surface area (Å²) in [5.74, 6) is 0. The summed E-state index contributed by atoms with van der Waals surface area (Å²) in [6.45, 7) is 23.2. The second-order valence-corrected chi connectivity index (χ2v) is 15.7. The number of aliphatic imine (C=N–C) groups is 1. The number of hydrogen-bond donors (Lipinski definition) is 0. The maximum atomic E-state index is 7.11.